The van der Waals surface area contributed by atoms with Gasteiger partial charge in [-0.2, -0.15) is 0 Å². The molecule has 1 amide bonds. The molecule has 5 N–H and O–H groups in total. The Bertz CT molecular complexity index is 2470. The molecule has 2 fully saturated rings. The molecule has 3 aliphatic rings. The number of Topliss-reactive ketones (excluding diaryl/α,β-unsaturated/α-hetero) is 2. The number of carbonyl (C=O) groups is 3. The van der Waals surface area contributed by atoms with Gasteiger partial charge in [0.2, 0.25) is 0 Å². The minimum absolute atomic E-state index is 0.0793. The van der Waals surface area contributed by atoms with Gasteiger partial charge in [0.1, 0.15) is 23.7 Å². The molecule has 3 aromatic rings. The minimum atomic E-state index is -1.32. The number of nitrogens with zero attached hydrogens (tertiary/aromatic N) is 1. The molecule has 1 aliphatic carbocycles. The lowest BCUT2D eigenvalue weighted by Gasteiger charge is -2.47. The lowest BCUT2D eigenvalue weighted by Crippen LogP contribution is -2.57. The highest BCUT2D eigenvalue weighted by molar-refractivity contribution is 8.28. The van der Waals surface area contributed by atoms with Crippen LogP contribution in [0.15, 0.2) is 65.5 Å². The highest BCUT2D eigenvalue weighted by atomic mass is 32.8. The van der Waals surface area contributed by atoms with E-state index in [1.54, 1.807) is 63.4 Å². The van der Waals surface area contributed by atoms with Gasteiger partial charge in [-0.3, -0.25) is 19.9 Å². The number of allylic oxidation sites excluding steroid dienone is 3. The van der Waals surface area contributed by atoms with Crippen molar-refractivity contribution in [2.75, 3.05) is 19.1 Å². The molecule has 16 heteroatoms. The van der Waals surface area contributed by atoms with E-state index in [2.05, 4.69) is 58.1 Å². The van der Waals surface area contributed by atoms with Gasteiger partial charge >= 0.3 is 6.09 Å². The Labute approximate surface area is 375 Å². The number of aromatic amines is 1. The van der Waals surface area contributed by atoms with Crippen molar-refractivity contribution in [2.45, 2.75) is 122 Å². The highest BCUT2D eigenvalue weighted by Crippen LogP contribution is 2.44. The fourth-order valence-corrected chi connectivity index (χ4v) is 8.88. The number of phenols is 1. The number of pyridine rings is 1. The number of hydrogen-bond acceptors (Lipinski definition) is 13. The smallest absolute Gasteiger partial charge is 0.411 e. The number of nitrogens with one attached hydrogen (secondary N) is 3. The number of rotatable bonds is 12. The second kappa shape index (κ2) is 20.8. The third kappa shape index (κ3) is 11.0. The van der Waals surface area contributed by atoms with Crippen LogP contribution in [0.2, 0.25) is 0 Å². The van der Waals surface area contributed by atoms with Crippen molar-refractivity contribution in [3.8, 4) is 29.4 Å². The van der Waals surface area contributed by atoms with Crippen LogP contribution < -0.4 is 10.6 Å². The summed E-state index contributed by atoms with van der Waals surface area (Å²) in [6.07, 6.45) is 1.87. The van der Waals surface area contributed by atoms with Crippen LogP contribution >= 0.6 is 0 Å². The summed E-state index contributed by atoms with van der Waals surface area (Å²) in [5, 5.41) is 29.3. The van der Waals surface area contributed by atoms with E-state index in [1.165, 1.54) is 13.2 Å². The molecule has 4 heterocycles. The van der Waals surface area contributed by atoms with E-state index in [0.29, 0.717) is 23.3 Å². The predicted octanol–water partition coefficient (Wildman–Crippen LogP) is 5.57. The van der Waals surface area contributed by atoms with Crippen molar-refractivity contribution in [2.24, 2.45) is 5.41 Å². The van der Waals surface area contributed by atoms with Gasteiger partial charge < -0.3 is 44.2 Å². The highest BCUT2D eigenvalue weighted by Gasteiger charge is 2.52. The molecule has 336 valence electrons. The molecule has 10 atom stereocenters. The van der Waals surface area contributed by atoms with Crippen molar-refractivity contribution < 1.29 is 48.3 Å². The number of amides is 1. The zero-order valence-electron chi connectivity index (χ0n) is 36.8. The molecule has 2 aliphatic heterocycles. The van der Waals surface area contributed by atoms with Gasteiger partial charge in [-0.05, 0) is 95.2 Å². The number of hydrogen-bond donors (Lipinski definition) is 5. The van der Waals surface area contributed by atoms with E-state index in [-0.39, 0.29) is 59.5 Å². The van der Waals surface area contributed by atoms with E-state index >= 15 is 4.79 Å². The summed E-state index contributed by atoms with van der Waals surface area (Å²) in [4.78, 5) is 49.4. The Morgan fingerprint density at radius 1 is 1.16 bits per heavy atom. The van der Waals surface area contributed by atoms with Crippen molar-refractivity contribution in [3.63, 3.8) is 0 Å². The molecule has 0 bridgehead atoms. The summed E-state index contributed by atoms with van der Waals surface area (Å²) in [6.45, 7) is 11.4. The van der Waals surface area contributed by atoms with Crippen LogP contribution in [0.5, 0.6) is 5.75 Å². The zero-order chi connectivity index (χ0) is 45.6. The maximum atomic E-state index is 15.0. The number of fused-ring (bicyclic) bond motifs is 3. The molecule has 0 spiro atoms. The summed E-state index contributed by atoms with van der Waals surface area (Å²) >= 11 is 5.49. The zero-order valence-corrected chi connectivity index (χ0v) is 38.4. The first-order chi connectivity index (χ1) is 30.0. The number of aliphatic hydroxyl groups excluding tert-OH is 1. The predicted molar refractivity (Wildman–Crippen MR) is 244 cm³/mol. The fraction of sp³-hybridized carbons (Fsp3) is 0.489. The van der Waals surface area contributed by atoms with E-state index in [0.717, 1.165) is 22.7 Å². The Morgan fingerprint density at radius 3 is 2.62 bits per heavy atom. The summed E-state index contributed by atoms with van der Waals surface area (Å²) in [7, 11) is 0.657. The molecule has 2 aromatic heterocycles. The molecule has 2 saturated heterocycles. The number of carbonyl (C=O) groups excluding carboxylic acids is 3. The van der Waals surface area contributed by atoms with Crippen molar-refractivity contribution in [3.05, 3.63) is 71.2 Å². The van der Waals surface area contributed by atoms with Crippen molar-refractivity contribution >= 4 is 60.1 Å². The molecular formula is C47H56N4O10S2. The number of methoxy groups -OCH3 is 1. The van der Waals surface area contributed by atoms with Crippen molar-refractivity contribution in [1.82, 2.24) is 20.6 Å². The first-order valence-electron chi connectivity index (χ1n) is 21.0. The number of aromatic hydroxyl groups is 1. The molecule has 63 heavy (non-hydrogen) atoms. The summed E-state index contributed by atoms with van der Waals surface area (Å²) in [6, 6.07) is 7.08. The Balaban J connectivity index is 1.45. The summed E-state index contributed by atoms with van der Waals surface area (Å²) in [5.74, 6) is 11.2. The van der Waals surface area contributed by atoms with Gasteiger partial charge in [-0.1, -0.05) is 48.9 Å². The topological polar surface area (TPSA) is 191 Å². The van der Waals surface area contributed by atoms with Crippen LogP contribution in [-0.2, 0) is 49.1 Å². The van der Waals surface area contributed by atoms with Crippen molar-refractivity contribution in [1.29, 1.82) is 0 Å². The number of H-pyrrole nitrogens is 1. The standard InChI is InChI=1S/C47H56N4O10S2/c1-9-10-11-12-13-14-37(40-31(20-22-63(8)62)35(53)24-36(54)42(40)51-46(56)57-7)61-45-38(60-39-18-17-33(27(4)58-39)49-26(2)3)25-47(6,28(5)59-45)44(55)43-41-30(19-21-48-43)32-23-29(52)15-16-34(32)50-41/h11-12,15-16,19-21,23,26-28,33,35,37-39,45,49-50,52-53H,17-18,22,24-25H2,1-8H3,(H,51,56)/b12-11-,31-20-/t27?,28?,33?,35-,37-,38?,39?,45?,47?,63?/m0/s1. The average Bonchev–Trinajstić information content (AvgIpc) is 3.61. The normalized spacial score (nSPS) is 28.1. The van der Waals surface area contributed by atoms with Crippen LogP contribution in [0, 0.1) is 29.1 Å². The Hall–Kier alpha value is -4.75. The van der Waals surface area contributed by atoms with E-state index in [1.807, 2.05) is 13.2 Å². The monoisotopic (exact) mass is 900 g/mol. The minimum Gasteiger partial charge on any atom is -0.508 e. The lowest BCUT2D eigenvalue weighted by atomic mass is 9.72. The van der Waals surface area contributed by atoms with E-state index in [9.17, 15) is 19.8 Å². The third-order valence-electron chi connectivity index (χ3n) is 11.6. The molecule has 6 rings (SSSR count). The third-order valence-corrected chi connectivity index (χ3v) is 12.7. The number of phenolic OH excluding ortho intramolecular Hbond substituents is 1. The van der Waals surface area contributed by atoms with Crippen LogP contribution in [0.1, 0.15) is 77.7 Å². The van der Waals surface area contributed by atoms with E-state index < -0.39 is 63.7 Å². The molecule has 8 unspecified atom stereocenters. The average molecular weight is 901 g/mol. The fourth-order valence-electron chi connectivity index (χ4n) is 8.26. The van der Waals surface area contributed by atoms with Gasteiger partial charge in [0.05, 0.1) is 42.1 Å². The lowest BCUT2D eigenvalue weighted by molar-refractivity contribution is -0.314. The molecule has 0 saturated carbocycles. The maximum Gasteiger partial charge on any atom is 0.411 e. The maximum absolute atomic E-state index is 15.0. The largest absolute Gasteiger partial charge is 0.508 e. The van der Waals surface area contributed by atoms with Gasteiger partial charge in [0.15, 0.2) is 24.1 Å². The first-order valence-corrected chi connectivity index (χ1v) is 23.7. The van der Waals surface area contributed by atoms with E-state index in [4.69, 9.17) is 34.9 Å². The Kier molecular flexibility index (Phi) is 15.8. The molecular weight excluding hydrogens is 845 g/mol. The Morgan fingerprint density at radius 2 is 1.92 bits per heavy atom. The number of ketones is 2. The summed E-state index contributed by atoms with van der Waals surface area (Å²) < 4.78 is 31.8. The number of ether oxygens (including phenoxy) is 5. The summed E-state index contributed by atoms with van der Waals surface area (Å²) in [5.41, 5.74) is 0.459. The molecule has 14 nitrogen and oxygen atoms in total. The number of benzene rings is 1. The van der Waals surface area contributed by atoms with Crippen LogP contribution in [0.25, 0.3) is 21.8 Å². The number of aromatic nitrogens is 2. The van der Waals surface area contributed by atoms with Crippen LogP contribution in [0.4, 0.5) is 4.79 Å². The number of alkyl carbamates (subject to hydrolysis) is 1. The molecule has 0 radical (unpaired) electrons. The SMILES string of the molecule is CC#C/C=C\C#C[C@H](OC1OC(C)C(C)(C(=O)c2nccc3c2[nH]c2ccc(O)cc23)CC1OC1CCC(NC(C)C)C(C)O1)C1=C(NC(=O)OC)C(=O)C[C@H](O)/C1=C/CS(C)=S. The number of aliphatic hydroxyl groups is 1. The quantitative estimate of drug-likeness (QED) is 0.112. The van der Waals surface area contributed by atoms with Crippen LogP contribution in [0.3, 0.4) is 0 Å². The second-order valence-electron chi connectivity index (χ2n) is 16.5. The van der Waals surface area contributed by atoms with Gasteiger partial charge in [0.25, 0.3) is 0 Å². The van der Waals surface area contributed by atoms with Crippen LogP contribution in [-0.4, -0.2) is 112 Å². The first kappa shape index (κ1) is 47.7. The van der Waals surface area contributed by atoms with Gasteiger partial charge in [0, 0.05) is 52.3 Å². The van der Waals surface area contributed by atoms with Gasteiger partial charge in [-0.15, -0.1) is 15.4 Å². The molecule has 1 aromatic carbocycles. The van der Waals surface area contributed by atoms with Gasteiger partial charge in [-0.25, -0.2) is 4.79 Å². The second-order valence-corrected chi connectivity index (χ2v) is 19.7.